The Labute approximate surface area is 137 Å². The first-order chi connectivity index (χ1) is 11.2. The van der Waals surface area contributed by atoms with Crippen LogP contribution in [0, 0.1) is 11.3 Å². The summed E-state index contributed by atoms with van der Waals surface area (Å²) >= 11 is 0. The van der Waals surface area contributed by atoms with Crippen molar-refractivity contribution in [3.05, 3.63) is 41.2 Å². The van der Waals surface area contributed by atoms with Gasteiger partial charge in [-0.2, -0.15) is 13.2 Å². The summed E-state index contributed by atoms with van der Waals surface area (Å²) < 4.78 is 38.7. The fourth-order valence-electron chi connectivity index (χ4n) is 4.42. The Morgan fingerprint density at radius 3 is 2.79 bits per heavy atom. The number of pyridine rings is 1. The first kappa shape index (κ1) is 15.6. The molecular formula is C17H18F3N3O. The maximum atomic E-state index is 13.0. The lowest BCUT2D eigenvalue weighted by Crippen LogP contribution is -2.40. The molecule has 128 valence electrons. The van der Waals surface area contributed by atoms with Gasteiger partial charge in [-0.25, -0.2) is 0 Å². The molecule has 1 fully saturated rings. The molecule has 3 heterocycles. The van der Waals surface area contributed by atoms with Gasteiger partial charge < -0.3 is 10.6 Å². The van der Waals surface area contributed by atoms with Crippen LogP contribution in [0.2, 0.25) is 0 Å². The number of nitrogens with zero attached hydrogens (tertiary/aromatic N) is 2. The quantitative estimate of drug-likeness (QED) is 0.739. The second kappa shape index (κ2) is 4.81. The summed E-state index contributed by atoms with van der Waals surface area (Å²) in [5.74, 6) is 0.0410. The number of amides is 1. The van der Waals surface area contributed by atoms with Gasteiger partial charge in [0.15, 0.2) is 0 Å². The van der Waals surface area contributed by atoms with E-state index in [1.807, 2.05) is 19.1 Å². The second-order valence-corrected chi connectivity index (χ2v) is 7.09. The van der Waals surface area contributed by atoms with Crippen molar-refractivity contribution in [1.82, 2.24) is 9.88 Å². The number of hydrogen-bond donors (Lipinski definition) is 1. The van der Waals surface area contributed by atoms with Gasteiger partial charge in [0, 0.05) is 36.9 Å². The molecule has 0 saturated carbocycles. The molecule has 4 atom stereocenters. The summed E-state index contributed by atoms with van der Waals surface area (Å²) in [7, 11) is 0. The predicted molar refractivity (Wildman–Crippen MR) is 80.6 cm³/mol. The van der Waals surface area contributed by atoms with Gasteiger partial charge in [-0.1, -0.05) is 19.1 Å². The van der Waals surface area contributed by atoms with Crippen LogP contribution in [0.15, 0.2) is 24.4 Å². The molecule has 7 heteroatoms. The number of nitrogens with two attached hydrogens (primary N) is 1. The van der Waals surface area contributed by atoms with Gasteiger partial charge in [0.2, 0.25) is 5.91 Å². The van der Waals surface area contributed by atoms with Crippen LogP contribution < -0.4 is 5.73 Å². The van der Waals surface area contributed by atoms with E-state index in [4.69, 9.17) is 5.73 Å². The fraction of sp³-hybridized carbons (Fsp3) is 0.529. The Morgan fingerprint density at radius 2 is 2.17 bits per heavy atom. The zero-order valence-corrected chi connectivity index (χ0v) is 13.2. The van der Waals surface area contributed by atoms with Crippen LogP contribution in [0.5, 0.6) is 0 Å². The van der Waals surface area contributed by atoms with Crippen LogP contribution in [-0.2, 0) is 23.9 Å². The van der Waals surface area contributed by atoms with Crippen molar-refractivity contribution in [3.63, 3.8) is 0 Å². The van der Waals surface area contributed by atoms with Gasteiger partial charge in [-0.15, -0.1) is 0 Å². The topological polar surface area (TPSA) is 59.2 Å². The molecule has 2 unspecified atom stereocenters. The molecule has 1 amide bonds. The molecule has 0 radical (unpaired) electrons. The molecule has 4 rings (SSSR count). The van der Waals surface area contributed by atoms with Gasteiger partial charge in [-0.3, -0.25) is 9.78 Å². The number of carbonyl (C=O) groups is 1. The Hall–Kier alpha value is -1.89. The van der Waals surface area contributed by atoms with Crippen molar-refractivity contribution >= 4 is 5.91 Å². The Balaban J connectivity index is 1.70. The molecule has 1 spiro atoms. The number of alkyl halides is 3. The molecule has 4 nitrogen and oxygen atoms in total. The molecule has 1 aromatic heterocycles. The van der Waals surface area contributed by atoms with E-state index in [2.05, 4.69) is 4.98 Å². The van der Waals surface area contributed by atoms with Crippen LogP contribution in [0.4, 0.5) is 13.2 Å². The van der Waals surface area contributed by atoms with Crippen molar-refractivity contribution in [2.45, 2.75) is 44.6 Å². The average molecular weight is 337 g/mol. The van der Waals surface area contributed by atoms with E-state index in [1.54, 1.807) is 4.90 Å². The van der Waals surface area contributed by atoms with E-state index in [0.29, 0.717) is 24.1 Å². The number of rotatable bonds is 0. The normalized spacial score (nSPS) is 34.8. The zero-order valence-electron chi connectivity index (χ0n) is 13.2. The van der Waals surface area contributed by atoms with E-state index in [0.717, 1.165) is 12.3 Å². The molecular weight excluding hydrogens is 319 g/mol. The summed E-state index contributed by atoms with van der Waals surface area (Å²) in [4.78, 5) is 18.7. The Morgan fingerprint density at radius 1 is 1.42 bits per heavy atom. The molecule has 1 aliphatic carbocycles. The largest absolute Gasteiger partial charge is 0.417 e. The minimum Gasteiger partial charge on any atom is -0.334 e. The summed E-state index contributed by atoms with van der Waals surface area (Å²) in [6.07, 6.45) is 1.28. The van der Waals surface area contributed by atoms with E-state index in [1.165, 1.54) is 0 Å². The summed E-state index contributed by atoms with van der Waals surface area (Å²) in [5, 5.41) is 0. The first-order valence-electron chi connectivity index (χ1n) is 8.03. The molecule has 1 saturated heterocycles. The number of aromatic nitrogens is 1. The number of halogens is 3. The van der Waals surface area contributed by atoms with Crippen molar-refractivity contribution in [2.24, 2.45) is 17.1 Å². The number of fused-ring (bicyclic) bond motifs is 2. The van der Waals surface area contributed by atoms with E-state index >= 15 is 0 Å². The van der Waals surface area contributed by atoms with Crippen molar-refractivity contribution in [3.8, 4) is 0 Å². The molecule has 24 heavy (non-hydrogen) atoms. The smallest absolute Gasteiger partial charge is 0.334 e. The maximum absolute atomic E-state index is 13.0. The van der Waals surface area contributed by atoms with Crippen LogP contribution >= 0.6 is 0 Å². The second-order valence-electron chi connectivity index (χ2n) is 7.09. The SMILES string of the molecule is CC1C2Cc3ncc(C(F)(F)F)cc3CN2C(=O)[C@]12C=C[C@@H](N)C2. The summed E-state index contributed by atoms with van der Waals surface area (Å²) in [6.45, 7) is 2.21. The Bertz CT molecular complexity index is 745. The van der Waals surface area contributed by atoms with E-state index in [9.17, 15) is 18.0 Å². The van der Waals surface area contributed by atoms with Crippen LogP contribution in [0.1, 0.15) is 30.2 Å². The van der Waals surface area contributed by atoms with E-state index in [-0.39, 0.29) is 30.5 Å². The highest BCUT2D eigenvalue weighted by molar-refractivity contribution is 5.89. The van der Waals surface area contributed by atoms with Gasteiger partial charge in [0.1, 0.15) is 0 Å². The minimum atomic E-state index is -4.43. The lowest BCUT2D eigenvalue weighted by atomic mass is 9.74. The van der Waals surface area contributed by atoms with Gasteiger partial charge in [0.05, 0.1) is 11.0 Å². The lowest BCUT2D eigenvalue weighted by molar-refractivity contribution is -0.137. The highest BCUT2D eigenvalue weighted by Crippen LogP contribution is 2.51. The molecule has 1 aromatic rings. The molecule has 2 N–H and O–H groups in total. The van der Waals surface area contributed by atoms with Crippen molar-refractivity contribution in [2.75, 3.05) is 0 Å². The maximum Gasteiger partial charge on any atom is 0.417 e. The molecule has 2 aliphatic heterocycles. The number of hydrogen-bond acceptors (Lipinski definition) is 3. The molecule has 3 aliphatic rings. The first-order valence-corrected chi connectivity index (χ1v) is 8.03. The third-order valence-corrected chi connectivity index (χ3v) is 5.79. The lowest BCUT2D eigenvalue weighted by Gasteiger charge is -2.33. The standard InChI is InChI=1S/C17H18F3N3O/c1-9-14-5-13-10(4-11(7-22-13)17(18,19)20)8-23(14)15(24)16(9)3-2-12(21)6-16/h2-4,7,9,12,14H,5-6,8,21H2,1H3/t9?,12-,14?,16+/m1/s1. The van der Waals surface area contributed by atoms with Gasteiger partial charge >= 0.3 is 6.18 Å². The predicted octanol–water partition coefficient (Wildman–Crippen LogP) is 2.28. The van der Waals surface area contributed by atoms with Crippen LogP contribution in [-0.4, -0.2) is 27.9 Å². The van der Waals surface area contributed by atoms with E-state index < -0.39 is 17.2 Å². The Kier molecular flexibility index (Phi) is 3.13. The van der Waals surface area contributed by atoms with Crippen molar-refractivity contribution in [1.29, 1.82) is 0 Å². The minimum absolute atomic E-state index is 0.0211. The third kappa shape index (κ3) is 2.03. The molecule has 0 bridgehead atoms. The highest BCUT2D eigenvalue weighted by atomic mass is 19.4. The van der Waals surface area contributed by atoms with Gasteiger partial charge in [0.25, 0.3) is 0 Å². The van der Waals surface area contributed by atoms with Crippen molar-refractivity contribution < 1.29 is 18.0 Å². The van der Waals surface area contributed by atoms with Crippen LogP contribution in [0.3, 0.4) is 0 Å². The summed E-state index contributed by atoms with van der Waals surface area (Å²) in [6, 6.07) is 0.942. The summed E-state index contributed by atoms with van der Waals surface area (Å²) in [5.41, 5.74) is 5.73. The fourth-order valence-corrected chi connectivity index (χ4v) is 4.42. The molecule has 0 aromatic carbocycles. The third-order valence-electron chi connectivity index (χ3n) is 5.79. The zero-order chi connectivity index (χ0) is 17.3. The monoisotopic (exact) mass is 337 g/mol. The number of carbonyl (C=O) groups excluding carboxylic acids is 1. The highest BCUT2D eigenvalue weighted by Gasteiger charge is 2.58. The average Bonchev–Trinajstić information content (AvgIpc) is 3.01. The van der Waals surface area contributed by atoms with Crippen LogP contribution in [0.25, 0.3) is 0 Å². The van der Waals surface area contributed by atoms with Gasteiger partial charge in [-0.05, 0) is 24.0 Å².